The largest absolute Gasteiger partial charge is 0.379 e. The van der Waals surface area contributed by atoms with Crippen LogP contribution in [0, 0.1) is 13.8 Å². The van der Waals surface area contributed by atoms with Crippen LogP contribution in [0.4, 0.5) is 0 Å². The van der Waals surface area contributed by atoms with Gasteiger partial charge in [0.25, 0.3) is 5.91 Å². The molecule has 2 heterocycles. The van der Waals surface area contributed by atoms with E-state index in [4.69, 9.17) is 4.74 Å². The van der Waals surface area contributed by atoms with Gasteiger partial charge in [-0.25, -0.2) is 8.42 Å². The van der Waals surface area contributed by atoms with Crippen LogP contribution in [-0.4, -0.2) is 56.9 Å². The predicted molar refractivity (Wildman–Crippen MR) is 106 cm³/mol. The minimum Gasteiger partial charge on any atom is -0.379 e. The molecular formula is C19H24N2O4S2. The van der Waals surface area contributed by atoms with Crippen LogP contribution in [0.25, 0.3) is 0 Å². The van der Waals surface area contributed by atoms with E-state index in [2.05, 4.69) is 0 Å². The minimum absolute atomic E-state index is 0.191. The molecule has 0 atom stereocenters. The molecule has 1 aliphatic rings. The lowest BCUT2D eigenvalue weighted by atomic mass is 10.1. The van der Waals surface area contributed by atoms with Gasteiger partial charge in [-0.05, 0) is 48.6 Å². The fourth-order valence-electron chi connectivity index (χ4n) is 3.01. The molecule has 0 bridgehead atoms. The monoisotopic (exact) mass is 408 g/mol. The first-order valence-electron chi connectivity index (χ1n) is 8.77. The number of rotatable bonds is 5. The van der Waals surface area contributed by atoms with Gasteiger partial charge in [-0.2, -0.15) is 4.31 Å². The summed E-state index contributed by atoms with van der Waals surface area (Å²) < 4.78 is 32.7. The van der Waals surface area contributed by atoms with E-state index in [1.165, 1.54) is 10.4 Å². The van der Waals surface area contributed by atoms with Gasteiger partial charge in [-0.1, -0.05) is 6.07 Å². The molecule has 1 fully saturated rings. The average molecular weight is 409 g/mol. The number of amides is 1. The van der Waals surface area contributed by atoms with E-state index < -0.39 is 10.0 Å². The SMILES string of the molecule is Cc1ccc(C(=O)N(C)Cc2sccc2C)cc1S(=O)(=O)N1CCOCC1. The van der Waals surface area contributed by atoms with Gasteiger partial charge >= 0.3 is 0 Å². The normalized spacial score (nSPS) is 15.7. The first-order valence-corrected chi connectivity index (χ1v) is 11.1. The van der Waals surface area contributed by atoms with Crippen LogP contribution in [0.5, 0.6) is 0 Å². The minimum atomic E-state index is -3.65. The zero-order valence-electron chi connectivity index (χ0n) is 15.8. The van der Waals surface area contributed by atoms with Crippen molar-refractivity contribution in [2.75, 3.05) is 33.4 Å². The van der Waals surface area contributed by atoms with E-state index in [0.29, 0.717) is 44.0 Å². The first-order chi connectivity index (χ1) is 12.8. The molecule has 27 heavy (non-hydrogen) atoms. The van der Waals surface area contributed by atoms with Gasteiger partial charge in [-0.3, -0.25) is 4.79 Å². The van der Waals surface area contributed by atoms with Crippen molar-refractivity contribution >= 4 is 27.3 Å². The van der Waals surface area contributed by atoms with Crippen molar-refractivity contribution in [2.24, 2.45) is 0 Å². The summed E-state index contributed by atoms with van der Waals surface area (Å²) in [7, 11) is -1.91. The van der Waals surface area contributed by atoms with Crippen LogP contribution >= 0.6 is 11.3 Å². The van der Waals surface area contributed by atoms with Crippen molar-refractivity contribution in [3.8, 4) is 0 Å². The van der Waals surface area contributed by atoms with Crippen LogP contribution in [0.1, 0.15) is 26.4 Å². The molecule has 146 valence electrons. The van der Waals surface area contributed by atoms with Gasteiger partial charge < -0.3 is 9.64 Å². The number of morpholine rings is 1. The summed E-state index contributed by atoms with van der Waals surface area (Å²) in [6.07, 6.45) is 0. The predicted octanol–water partition coefficient (Wildman–Crippen LogP) is 2.66. The highest BCUT2D eigenvalue weighted by molar-refractivity contribution is 7.89. The van der Waals surface area contributed by atoms with Gasteiger partial charge in [0.15, 0.2) is 0 Å². The summed E-state index contributed by atoms with van der Waals surface area (Å²) in [6, 6.07) is 6.91. The van der Waals surface area contributed by atoms with Crippen molar-refractivity contribution in [1.29, 1.82) is 0 Å². The molecule has 1 aromatic heterocycles. The third-order valence-electron chi connectivity index (χ3n) is 4.72. The van der Waals surface area contributed by atoms with Crippen LogP contribution < -0.4 is 0 Å². The summed E-state index contributed by atoms with van der Waals surface area (Å²) >= 11 is 1.61. The number of nitrogens with zero attached hydrogens (tertiary/aromatic N) is 2. The maximum atomic E-state index is 13.0. The van der Waals surface area contributed by atoms with Crippen molar-refractivity contribution in [3.05, 3.63) is 51.2 Å². The quantitative estimate of drug-likeness (QED) is 0.763. The number of ether oxygens (including phenoxy) is 1. The van der Waals surface area contributed by atoms with Crippen molar-refractivity contribution in [3.63, 3.8) is 0 Å². The number of carbonyl (C=O) groups excluding carboxylic acids is 1. The Morgan fingerprint density at radius 3 is 2.52 bits per heavy atom. The molecule has 6 nitrogen and oxygen atoms in total. The fourth-order valence-corrected chi connectivity index (χ4v) is 5.63. The first kappa shape index (κ1) is 20.0. The zero-order chi connectivity index (χ0) is 19.6. The Morgan fingerprint density at radius 1 is 1.19 bits per heavy atom. The molecule has 3 rings (SSSR count). The number of hydrogen-bond donors (Lipinski definition) is 0. The Kier molecular flexibility index (Phi) is 6.00. The summed E-state index contributed by atoms with van der Waals surface area (Å²) in [5, 5.41) is 2.00. The third kappa shape index (κ3) is 4.24. The van der Waals surface area contributed by atoms with Crippen LogP contribution in [-0.2, 0) is 21.3 Å². The molecule has 0 unspecified atom stereocenters. The number of carbonyl (C=O) groups is 1. The highest BCUT2D eigenvalue weighted by atomic mass is 32.2. The summed E-state index contributed by atoms with van der Waals surface area (Å²) in [5.74, 6) is -0.193. The Bertz CT molecular complexity index is 931. The maximum Gasteiger partial charge on any atom is 0.253 e. The second-order valence-electron chi connectivity index (χ2n) is 6.68. The lowest BCUT2D eigenvalue weighted by molar-refractivity contribution is 0.0730. The molecule has 0 aliphatic carbocycles. The Morgan fingerprint density at radius 2 is 1.89 bits per heavy atom. The molecule has 0 spiro atoms. The number of aryl methyl sites for hydroxylation is 2. The van der Waals surface area contributed by atoms with Gasteiger partial charge in [0.05, 0.1) is 24.7 Å². The van der Waals surface area contributed by atoms with E-state index in [9.17, 15) is 13.2 Å². The second kappa shape index (κ2) is 8.10. The summed E-state index contributed by atoms with van der Waals surface area (Å²) in [4.78, 5) is 15.8. The average Bonchev–Trinajstić information content (AvgIpc) is 3.06. The Hall–Kier alpha value is -1.74. The second-order valence-corrected chi connectivity index (χ2v) is 9.59. The van der Waals surface area contributed by atoms with Crippen LogP contribution in [0.15, 0.2) is 34.5 Å². The highest BCUT2D eigenvalue weighted by Gasteiger charge is 2.28. The van der Waals surface area contributed by atoms with Crippen LogP contribution in [0.3, 0.4) is 0 Å². The summed E-state index contributed by atoms with van der Waals surface area (Å²) in [6.45, 7) is 5.71. The topological polar surface area (TPSA) is 66.9 Å². The molecular weight excluding hydrogens is 384 g/mol. The highest BCUT2D eigenvalue weighted by Crippen LogP contribution is 2.24. The lowest BCUT2D eigenvalue weighted by Crippen LogP contribution is -2.41. The number of hydrogen-bond acceptors (Lipinski definition) is 5. The molecule has 0 saturated carbocycles. The molecule has 1 saturated heterocycles. The molecule has 2 aromatic rings. The van der Waals surface area contributed by atoms with E-state index in [-0.39, 0.29) is 10.8 Å². The van der Waals surface area contributed by atoms with Crippen molar-refractivity contribution < 1.29 is 17.9 Å². The van der Waals surface area contributed by atoms with E-state index >= 15 is 0 Å². The van der Waals surface area contributed by atoms with Gasteiger partial charge in [0.2, 0.25) is 10.0 Å². The number of benzene rings is 1. The van der Waals surface area contributed by atoms with E-state index in [0.717, 1.165) is 10.4 Å². The van der Waals surface area contributed by atoms with E-state index in [1.54, 1.807) is 42.3 Å². The molecule has 1 aromatic carbocycles. The number of sulfonamides is 1. The molecule has 0 radical (unpaired) electrons. The van der Waals surface area contributed by atoms with E-state index in [1.807, 2.05) is 18.4 Å². The standard InChI is InChI=1S/C19H24N2O4S2/c1-14-6-11-26-17(14)13-20(3)19(22)16-5-4-15(2)18(12-16)27(23,24)21-7-9-25-10-8-21/h4-6,11-12H,7-10,13H2,1-3H3. The molecule has 1 amide bonds. The number of thiophene rings is 1. The molecule has 0 N–H and O–H groups in total. The van der Waals surface area contributed by atoms with Crippen molar-refractivity contribution in [2.45, 2.75) is 25.3 Å². The van der Waals surface area contributed by atoms with Crippen molar-refractivity contribution in [1.82, 2.24) is 9.21 Å². The smallest absolute Gasteiger partial charge is 0.253 e. The lowest BCUT2D eigenvalue weighted by Gasteiger charge is -2.27. The maximum absolute atomic E-state index is 13.0. The fraction of sp³-hybridized carbons (Fsp3) is 0.421. The zero-order valence-corrected chi connectivity index (χ0v) is 17.4. The molecule has 1 aliphatic heterocycles. The van der Waals surface area contributed by atoms with Gasteiger partial charge in [0, 0.05) is 30.6 Å². The molecule has 8 heteroatoms. The van der Waals surface area contributed by atoms with Gasteiger partial charge in [0.1, 0.15) is 0 Å². The van der Waals surface area contributed by atoms with Gasteiger partial charge in [-0.15, -0.1) is 11.3 Å². The van der Waals surface area contributed by atoms with Crippen LogP contribution in [0.2, 0.25) is 0 Å². The Balaban J connectivity index is 1.86. The third-order valence-corrected chi connectivity index (χ3v) is 7.77. The summed E-state index contributed by atoms with van der Waals surface area (Å²) in [5.41, 5.74) is 2.16. The Labute approximate surface area is 164 Å².